The number of hydrogen-bond donors (Lipinski definition) is 0. The molecule has 0 amide bonds. The number of ketones is 1. The molecule has 0 aliphatic heterocycles. The molecule has 0 atom stereocenters. The molecule has 4 heteroatoms. The Morgan fingerprint density at radius 2 is 1.77 bits per heavy atom. The van der Waals surface area contributed by atoms with Gasteiger partial charge in [0.1, 0.15) is 5.75 Å². The second kappa shape index (κ2) is 8.71. The maximum Gasteiger partial charge on any atom is 0.192 e. The van der Waals surface area contributed by atoms with Gasteiger partial charge in [0.2, 0.25) is 0 Å². The standard InChI is InChI=1S/C22H25IO3/c1-7-18-15(4)21(25-6)16(5)22(26-23)20(18)19(24)11-10-17-9-8-13(2)14(3)12-17/h8-12H,7H2,1-6H3/b11-10+. The van der Waals surface area contributed by atoms with E-state index in [4.69, 9.17) is 7.80 Å². The average molecular weight is 464 g/mol. The molecule has 138 valence electrons. The molecule has 0 bridgehead atoms. The number of benzene rings is 2. The molecule has 0 aromatic heterocycles. The predicted octanol–water partition coefficient (Wildman–Crippen LogP) is 6.12. The van der Waals surface area contributed by atoms with Gasteiger partial charge in [0.05, 0.1) is 12.7 Å². The molecule has 2 aromatic carbocycles. The molecule has 0 aliphatic carbocycles. The van der Waals surface area contributed by atoms with Crippen molar-refractivity contribution in [1.82, 2.24) is 0 Å². The minimum Gasteiger partial charge on any atom is -0.496 e. The van der Waals surface area contributed by atoms with Crippen molar-refractivity contribution < 1.29 is 12.6 Å². The van der Waals surface area contributed by atoms with Gasteiger partial charge in [-0.05, 0) is 68.0 Å². The molecule has 0 N–H and O–H groups in total. The monoisotopic (exact) mass is 464 g/mol. The van der Waals surface area contributed by atoms with E-state index in [-0.39, 0.29) is 5.78 Å². The first-order valence-corrected chi connectivity index (χ1v) is 9.52. The Hall–Kier alpha value is -1.82. The van der Waals surface area contributed by atoms with Gasteiger partial charge in [0.25, 0.3) is 0 Å². The van der Waals surface area contributed by atoms with Crippen LogP contribution >= 0.6 is 23.0 Å². The van der Waals surface area contributed by atoms with Crippen LogP contribution in [-0.4, -0.2) is 12.9 Å². The van der Waals surface area contributed by atoms with Crippen LogP contribution in [0.3, 0.4) is 0 Å². The Bertz CT molecular complexity index is 835. The summed E-state index contributed by atoms with van der Waals surface area (Å²) in [5.74, 6) is 1.31. The third-order valence-electron chi connectivity index (χ3n) is 4.84. The van der Waals surface area contributed by atoms with Gasteiger partial charge >= 0.3 is 0 Å². The van der Waals surface area contributed by atoms with Crippen molar-refractivity contribution in [3.8, 4) is 11.5 Å². The fourth-order valence-electron chi connectivity index (χ4n) is 3.26. The van der Waals surface area contributed by atoms with Gasteiger partial charge in [-0.1, -0.05) is 31.2 Å². The van der Waals surface area contributed by atoms with Crippen molar-refractivity contribution >= 4 is 34.9 Å². The summed E-state index contributed by atoms with van der Waals surface area (Å²) >= 11 is 1.83. The Balaban J connectivity index is 2.54. The molecule has 3 nitrogen and oxygen atoms in total. The Morgan fingerprint density at radius 1 is 1.08 bits per heavy atom. The summed E-state index contributed by atoms with van der Waals surface area (Å²) in [5.41, 5.74) is 6.89. The average Bonchev–Trinajstić information content (AvgIpc) is 2.62. The number of carbonyl (C=O) groups excluding carboxylic acids is 1. The van der Waals surface area contributed by atoms with E-state index in [9.17, 15) is 4.79 Å². The predicted molar refractivity (Wildman–Crippen MR) is 116 cm³/mol. The summed E-state index contributed by atoms with van der Waals surface area (Å²) in [7, 11) is 1.65. The van der Waals surface area contributed by atoms with Crippen LogP contribution in [0.4, 0.5) is 0 Å². The fraction of sp³-hybridized carbons (Fsp3) is 0.318. The highest BCUT2D eigenvalue weighted by molar-refractivity contribution is 14.1. The highest BCUT2D eigenvalue weighted by Crippen LogP contribution is 2.40. The van der Waals surface area contributed by atoms with E-state index in [0.29, 0.717) is 11.3 Å². The molecule has 2 rings (SSSR count). The molecule has 26 heavy (non-hydrogen) atoms. The normalized spacial score (nSPS) is 11.0. The molecular weight excluding hydrogens is 439 g/mol. The highest BCUT2D eigenvalue weighted by atomic mass is 127. The molecule has 0 saturated carbocycles. The quantitative estimate of drug-likeness (QED) is 0.294. The van der Waals surface area contributed by atoms with Gasteiger partial charge in [-0.15, -0.1) is 0 Å². The summed E-state index contributed by atoms with van der Waals surface area (Å²) in [6, 6.07) is 6.17. The van der Waals surface area contributed by atoms with Crippen molar-refractivity contribution in [2.75, 3.05) is 7.11 Å². The summed E-state index contributed by atoms with van der Waals surface area (Å²) in [5, 5.41) is 0. The van der Waals surface area contributed by atoms with Crippen molar-refractivity contribution in [1.29, 1.82) is 0 Å². The lowest BCUT2D eigenvalue weighted by Crippen LogP contribution is -2.08. The zero-order chi connectivity index (χ0) is 19.4. The molecule has 0 heterocycles. The first-order chi connectivity index (χ1) is 12.3. The van der Waals surface area contributed by atoms with Crippen LogP contribution in [0.1, 0.15) is 50.7 Å². The van der Waals surface area contributed by atoms with Gasteiger partial charge in [0.15, 0.2) is 34.5 Å². The number of allylic oxidation sites excluding steroid dienone is 1. The Labute approximate surface area is 170 Å². The lowest BCUT2D eigenvalue weighted by Gasteiger charge is -2.19. The van der Waals surface area contributed by atoms with Gasteiger partial charge in [-0.25, -0.2) is 0 Å². The van der Waals surface area contributed by atoms with Crippen LogP contribution < -0.4 is 7.80 Å². The van der Waals surface area contributed by atoms with Crippen molar-refractivity contribution in [2.45, 2.75) is 41.0 Å². The number of rotatable bonds is 6. The van der Waals surface area contributed by atoms with Crippen LogP contribution in [-0.2, 0) is 6.42 Å². The van der Waals surface area contributed by atoms with Gasteiger partial charge < -0.3 is 7.80 Å². The van der Waals surface area contributed by atoms with Gasteiger partial charge in [0, 0.05) is 5.56 Å². The third kappa shape index (κ3) is 3.95. The highest BCUT2D eigenvalue weighted by Gasteiger charge is 2.24. The molecule has 0 spiro atoms. The number of hydrogen-bond acceptors (Lipinski definition) is 3. The van der Waals surface area contributed by atoms with E-state index in [1.165, 1.54) is 11.1 Å². The SMILES string of the molecule is CCc1c(C)c(OC)c(C)c(OI)c1C(=O)/C=C/c1ccc(C)c(C)c1. The topological polar surface area (TPSA) is 35.5 Å². The minimum absolute atomic E-state index is 0.0550. The zero-order valence-electron chi connectivity index (χ0n) is 16.2. The van der Waals surface area contributed by atoms with E-state index in [2.05, 4.69) is 26.0 Å². The first kappa shape index (κ1) is 20.5. The van der Waals surface area contributed by atoms with Crippen molar-refractivity contribution in [3.63, 3.8) is 0 Å². The van der Waals surface area contributed by atoms with Crippen LogP contribution in [0.5, 0.6) is 11.5 Å². The maximum atomic E-state index is 13.0. The van der Waals surface area contributed by atoms with E-state index in [0.717, 1.165) is 34.4 Å². The number of carbonyl (C=O) groups is 1. The zero-order valence-corrected chi connectivity index (χ0v) is 18.4. The van der Waals surface area contributed by atoms with Crippen molar-refractivity contribution in [3.05, 3.63) is 63.2 Å². The number of methoxy groups -OCH3 is 1. The first-order valence-electron chi connectivity index (χ1n) is 8.63. The molecule has 0 fully saturated rings. The third-order valence-corrected chi connectivity index (χ3v) is 5.28. The molecule has 2 aromatic rings. The number of halogens is 1. The molecule has 0 aliphatic rings. The number of aryl methyl sites for hydroxylation is 2. The van der Waals surface area contributed by atoms with E-state index >= 15 is 0 Å². The summed E-state index contributed by atoms with van der Waals surface area (Å²) < 4.78 is 11.1. The smallest absolute Gasteiger partial charge is 0.192 e. The molecule has 0 unspecified atom stereocenters. The summed E-state index contributed by atoms with van der Waals surface area (Å²) in [6.07, 6.45) is 4.22. The number of ether oxygens (including phenoxy) is 1. The lowest BCUT2D eigenvalue weighted by atomic mass is 9.91. The Morgan fingerprint density at radius 3 is 2.31 bits per heavy atom. The molecular formula is C22H25IO3. The van der Waals surface area contributed by atoms with Gasteiger partial charge in [-0.3, -0.25) is 4.79 Å². The minimum atomic E-state index is -0.0550. The van der Waals surface area contributed by atoms with E-state index in [1.54, 1.807) is 13.2 Å². The van der Waals surface area contributed by atoms with Crippen molar-refractivity contribution in [2.24, 2.45) is 0 Å². The van der Waals surface area contributed by atoms with E-state index in [1.807, 2.05) is 55.9 Å². The largest absolute Gasteiger partial charge is 0.496 e. The molecule has 0 radical (unpaired) electrons. The van der Waals surface area contributed by atoms with Crippen LogP contribution in [0.2, 0.25) is 0 Å². The molecule has 0 saturated heterocycles. The van der Waals surface area contributed by atoms with E-state index < -0.39 is 0 Å². The van der Waals surface area contributed by atoms with Crippen LogP contribution in [0.15, 0.2) is 24.3 Å². The second-order valence-corrected chi connectivity index (χ2v) is 6.88. The summed E-state index contributed by atoms with van der Waals surface area (Å²) in [4.78, 5) is 13.0. The summed E-state index contributed by atoms with van der Waals surface area (Å²) in [6.45, 7) is 10.1. The van der Waals surface area contributed by atoms with Crippen LogP contribution in [0.25, 0.3) is 6.08 Å². The fourth-order valence-corrected chi connectivity index (χ4v) is 3.81. The maximum absolute atomic E-state index is 13.0. The van der Waals surface area contributed by atoms with Gasteiger partial charge in [-0.2, -0.15) is 0 Å². The lowest BCUT2D eigenvalue weighted by molar-refractivity contribution is 0.104. The second-order valence-electron chi connectivity index (χ2n) is 6.44. The Kier molecular flexibility index (Phi) is 6.87. The van der Waals surface area contributed by atoms with Crippen LogP contribution in [0, 0.1) is 27.7 Å².